The van der Waals surface area contributed by atoms with Crippen molar-refractivity contribution in [3.05, 3.63) is 0 Å². The molecule has 3 fully saturated rings. The summed E-state index contributed by atoms with van der Waals surface area (Å²) >= 11 is 0. The molecule has 0 radical (unpaired) electrons. The Morgan fingerprint density at radius 2 is 1.89 bits per heavy atom. The number of hydrogen-bond donors (Lipinski definition) is 0. The second-order valence-electron chi connectivity index (χ2n) is 7.61. The van der Waals surface area contributed by atoms with Gasteiger partial charge >= 0.3 is 5.97 Å². The van der Waals surface area contributed by atoms with Crippen molar-refractivity contribution < 1.29 is 9.53 Å². The van der Waals surface area contributed by atoms with Crippen molar-refractivity contribution in [1.29, 1.82) is 0 Å². The van der Waals surface area contributed by atoms with Crippen molar-refractivity contribution >= 4 is 5.97 Å². The first-order valence-electron chi connectivity index (χ1n) is 8.28. The first-order chi connectivity index (χ1) is 9.08. The van der Waals surface area contributed by atoms with Crippen LogP contribution >= 0.6 is 0 Å². The van der Waals surface area contributed by atoms with Crippen molar-refractivity contribution in [3.8, 4) is 0 Å². The molecule has 19 heavy (non-hydrogen) atoms. The third-order valence-corrected chi connectivity index (χ3v) is 6.29. The fourth-order valence-electron chi connectivity index (χ4n) is 4.98. The van der Waals surface area contributed by atoms with Crippen LogP contribution in [0.3, 0.4) is 0 Å². The molecule has 2 saturated carbocycles. The molecule has 1 heterocycles. The third kappa shape index (κ3) is 2.55. The quantitative estimate of drug-likeness (QED) is 0.659. The Kier molecular flexibility index (Phi) is 3.61. The fourth-order valence-corrected chi connectivity index (χ4v) is 4.98. The Balaban J connectivity index is 1.71. The van der Waals surface area contributed by atoms with Gasteiger partial charge in [-0.15, -0.1) is 0 Å². The van der Waals surface area contributed by atoms with Gasteiger partial charge in [-0.2, -0.15) is 0 Å². The van der Waals surface area contributed by atoms with E-state index in [1.165, 1.54) is 44.9 Å². The Morgan fingerprint density at radius 3 is 2.63 bits per heavy atom. The van der Waals surface area contributed by atoms with Crippen molar-refractivity contribution in [2.24, 2.45) is 23.2 Å². The van der Waals surface area contributed by atoms with Gasteiger partial charge in [-0.1, -0.05) is 33.1 Å². The van der Waals surface area contributed by atoms with Crippen molar-refractivity contribution in [3.63, 3.8) is 0 Å². The predicted molar refractivity (Wildman–Crippen MR) is 75.7 cm³/mol. The van der Waals surface area contributed by atoms with Gasteiger partial charge < -0.3 is 4.74 Å². The van der Waals surface area contributed by atoms with Crippen LogP contribution in [0.1, 0.15) is 71.6 Å². The Labute approximate surface area is 117 Å². The fraction of sp³-hybridized carbons (Fsp3) is 0.941. The van der Waals surface area contributed by atoms with E-state index in [4.69, 9.17) is 4.74 Å². The molecule has 0 aromatic heterocycles. The molecule has 2 heteroatoms. The molecule has 2 nitrogen and oxygen atoms in total. The molecule has 0 aromatic carbocycles. The highest BCUT2D eigenvalue weighted by Crippen LogP contribution is 2.52. The summed E-state index contributed by atoms with van der Waals surface area (Å²) in [5, 5.41) is 0. The predicted octanol–water partition coefficient (Wildman–Crippen LogP) is 4.32. The first kappa shape index (κ1) is 13.5. The number of carbonyl (C=O) groups is 1. The molecule has 4 unspecified atom stereocenters. The maximum atomic E-state index is 11.7. The molecule has 1 aliphatic heterocycles. The summed E-state index contributed by atoms with van der Waals surface area (Å²) in [6, 6.07) is 0. The average Bonchev–Trinajstić information content (AvgIpc) is 2.39. The summed E-state index contributed by atoms with van der Waals surface area (Å²) in [5.74, 6) is 2.08. The van der Waals surface area contributed by atoms with E-state index in [9.17, 15) is 4.79 Å². The molecule has 2 aliphatic carbocycles. The number of esters is 1. The highest BCUT2D eigenvalue weighted by Gasteiger charge is 2.47. The number of ether oxygens (including phenoxy) is 1. The van der Waals surface area contributed by atoms with Crippen LogP contribution in [0, 0.1) is 23.2 Å². The molecule has 0 amide bonds. The lowest BCUT2D eigenvalue weighted by Crippen LogP contribution is -2.47. The second kappa shape index (κ2) is 5.10. The van der Waals surface area contributed by atoms with Crippen LogP contribution < -0.4 is 0 Å². The molecule has 4 atom stereocenters. The monoisotopic (exact) mass is 264 g/mol. The smallest absolute Gasteiger partial charge is 0.306 e. The molecule has 3 aliphatic rings. The van der Waals surface area contributed by atoms with Crippen LogP contribution in [0.4, 0.5) is 0 Å². The van der Waals surface area contributed by atoms with Crippen molar-refractivity contribution in [1.82, 2.24) is 0 Å². The van der Waals surface area contributed by atoms with Gasteiger partial charge in [-0.25, -0.2) is 0 Å². The van der Waals surface area contributed by atoms with Gasteiger partial charge in [0.1, 0.15) is 6.10 Å². The Hall–Kier alpha value is -0.530. The highest BCUT2D eigenvalue weighted by molar-refractivity contribution is 5.70. The van der Waals surface area contributed by atoms with Crippen LogP contribution in [-0.2, 0) is 9.53 Å². The summed E-state index contributed by atoms with van der Waals surface area (Å²) in [6.07, 6.45) is 11.6. The maximum Gasteiger partial charge on any atom is 0.306 e. The van der Waals surface area contributed by atoms with Crippen LogP contribution in [0.2, 0.25) is 0 Å². The normalized spacial score (nSPS) is 44.5. The standard InChI is InChI=1S/C17H28O2/c1-12-10-16(18)19-15-11-17(2,9-8-14(12)15)13-6-4-3-5-7-13/h12-15H,3-11H2,1-2H3. The largest absolute Gasteiger partial charge is 0.462 e. The van der Waals surface area contributed by atoms with E-state index in [0.29, 0.717) is 23.7 Å². The molecule has 0 aromatic rings. The van der Waals surface area contributed by atoms with Gasteiger partial charge in [0.15, 0.2) is 0 Å². The summed E-state index contributed by atoms with van der Waals surface area (Å²) < 4.78 is 5.71. The molecule has 0 bridgehead atoms. The zero-order valence-corrected chi connectivity index (χ0v) is 12.5. The Bertz CT molecular complexity index is 345. The van der Waals surface area contributed by atoms with Gasteiger partial charge in [0.2, 0.25) is 0 Å². The molecule has 108 valence electrons. The summed E-state index contributed by atoms with van der Waals surface area (Å²) in [7, 11) is 0. The van der Waals surface area contributed by atoms with E-state index in [2.05, 4.69) is 13.8 Å². The lowest BCUT2D eigenvalue weighted by atomic mass is 9.58. The van der Waals surface area contributed by atoms with Gasteiger partial charge in [-0.05, 0) is 55.3 Å². The number of carbonyl (C=O) groups excluding carboxylic acids is 1. The van der Waals surface area contributed by atoms with Crippen LogP contribution in [0.15, 0.2) is 0 Å². The highest BCUT2D eigenvalue weighted by atomic mass is 16.5. The lowest BCUT2D eigenvalue weighted by molar-refractivity contribution is -0.172. The van der Waals surface area contributed by atoms with Gasteiger partial charge in [0, 0.05) is 6.42 Å². The Morgan fingerprint density at radius 1 is 1.16 bits per heavy atom. The second-order valence-corrected chi connectivity index (χ2v) is 7.61. The molecule has 0 spiro atoms. The van der Waals surface area contributed by atoms with Crippen LogP contribution in [-0.4, -0.2) is 12.1 Å². The SMILES string of the molecule is CC1CC(=O)OC2CC(C)(C3CCCCC3)CCC12. The maximum absolute atomic E-state index is 11.7. The van der Waals surface area contributed by atoms with E-state index in [0.717, 1.165) is 12.3 Å². The summed E-state index contributed by atoms with van der Waals surface area (Å²) in [4.78, 5) is 11.7. The zero-order valence-electron chi connectivity index (χ0n) is 12.5. The van der Waals surface area contributed by atoms with E-state index >= 15 is 0 Å². The summed E-state index contributed by atoms with van der Waals surface area (Å²) in [6.45, 7) is 4.70. The molecular formula is C17H28O2. The van der Waals surface area contributed by atoms with Crippen LogP contribution in [0.5, 0.6) is 0 Å². The zero-order chi connectivity index (χ0) is 13.5. The van der Waals surface area contributed by atoms with E-state index in [-0.39, 0.29) is 12.1 Å². The lowest BCUT2D eigenvalue weighted by Gasteiger charge is -2.50. The number of hydrogen-bond acceptors (Lipinski definition) is 2. The third-order valence-electron chi connectivity index (χ3n) is 6.29. The van der Waals surface area contributed by atoms with Gasteiger partial charge in [-0.3, -0.25) is 4.79 Å². The first-order valence-corrected chi connectivity index (χ1v) is 8.28. The van der Waals surface area contributed by atoms with Crippen LogP contribution in [0.25, 0.3) is 0 Å². The topological polar surface area (TPSA) is 26.3 Å². The number of rotatable bonds is 1. The van der Waals surface area contributed by atoms with Crippen molar-refractivity contribution in [2.75, 3.05) is 0 Å². The van der Waals surface area contributed by atoms with Gasteiger partial charge in [0.05, 0.1) is 0 Å². The molecule has 1 saturated heterocycles. The molecular weight excluding hydrogens is 236 g/mol. The van der Waals surface area contributed by atoms with E-state index < -0.39 is 0 Å². The van der Waals surface area contributed by atoms with E-state index in [1.807, 2.05) is 0 Å². The molecule has 3 rings (SSSR count). The minimum Gasteiger partial charge on any atom is -0.462 e. The van der Waals surface area contributed by atoms with Crippen molar-refractivity contribution in [2.45, 2.75) is 77.7 Å². The van der Waals surface area contributed by atoms with E-state index in [1.54, 1.807) is 0 Å². The molecule has 0 N–H and O–H groups in total. The summed E-state index contributed by atoms with van der Waals surface area (Å²) in [5.41, 5.74) is 0.429. The minimum atomic E-state index is 0.0432. The minimum absolute atomic E-state index is 0.0432. The number of fused-ring (bicyclic) bond motifs is 1. The van der Waals surface area contributed by atoms with Gasteiger partial charge in [0.25, 0.3) is 0 Å². The average molecular weight is 264 g/mol.